The molecule has 0 saturated carbocycles. The average Bonchev–Trinajstić information content (AvgIpc) is 2.98. The Kier molecular flexibility index (Phi) is 2.60. The van der Waals surface area contributed by atoms with Crippen molar-refractivity contribution in [2.75, 3.05) is 0 Å². The molecule has 4 nitrogen and oxygen atoms in total. The SMILES string of the molecule is Cc1oncc1-c1cnc(-c2ccc(O)cc2)s1. The van der Waals surface area contributed by atoms with Crippen LogP contribution in [0.1, 0.15) is 5.76 Å². The van der Waals surface area contributed by atoms with Gasteiger partial charge in [-0.1, -0.05) is 5.16 Å². The highest BCUT2D eigenvalue weighted by molar-refractivity contribution is 7.18. The van der Waals surface area contributed by atoms with Gasteiger partial charge in [0, 0.05) is 11.8 Å². The van der Waals surface area contributed by atoms with Gasteiger partial charge in [0.1, 0.15) is 16.5 Å². The number of aromatic nitrogens is 2. The molecule has 18 heavy (non-hydrogen) atoms. The molecule has 0 fully saturated rings. The zero-order valence-electron chi connectivity index (χ0n) is 9.62. The third-order valence-electron chi connectivity index (χ3n) is 2.64. The van der Waals surface area contributed by atoms with Gasteiger partial charge in [0.25, 0.3) is 0 Å². The molecule has 0 aliphatic rings. The predicted octanol–water partition coefficient (Wildman–Crippen LogP) is 3.48. The van der Waals surface area contributed by atoms with Crippen molar-refractivity contribution in [1.29, 1.82) is 0 Å². The summed E-state index contributed by atoms with van der Waals surface area (Å²) in [7, 11) is 0. The van der Waals surface area contributed by atoms with Crippen molar-refractivity contribution >= 4 is 11.3 Å². The number of thiazole rings is 1. The van der Waals surface area contributed by atoms with E-state index in [1.807, 2.05) is 25.3 Å². The number of hydrogen-bond acceptors (Lipinski definition) is 5. The molecule has 0 amide bonds. The molecule has 2 heterocycles. The smallest absolute Gasteiger partial charge is 0.142 e. The van der Waals surface area contributed by atoms with Gasteiger partial charge in [-0.05, 0) is 31.2 Å². The van der Waals surface area contributed by atoms with Crippen molar-refractivity contribution in [2.45, 2.75) is 6.92 Å². The summed E-state index contributed by atoms with van der Waals surface area (Å²) in [5, 5.41) is 13.9. The monoisotopic (exact) mass is 258 g/mol. The maximum atomic E-state index is 9.26. The molecule has 0 unspecified atom stereocenters. The van der Waals surface area contributed by atoms with Crippen LogP contribution in [0.25, 0.3) is 21.0 Å². The summed E-state index contributed by atoms with van der Waals surface area (Å²) in [6.07, 6.45) is 3.51. The quantitative estimate of drug-likeness (QED) is 0.764. The van der Waals surface area contributed by atoms with E-state index >= 15 is 0 Å². The number of rotatable bonds is 2. The van der Waals surface area contributed by atoms with E-state index in [0.717, 1.165) is 26.8 Å². The zero-order valence-corrected chi connectivity index (χ0v) is 10.4. The van der Waals surface area contributed by atoms with E-state index in [0.29, 0.717) is 0 Å². The Morgan fingerprint density at radius 2 is 1.94 bits per heavy atom. The molecule has 1 N–H and O–H groups in total. The number of nitrogens with zero attached hydrogens (tertiary/aromatic N) is 2. The van der Waals surface area contributed by atoms with Gasteiger partial charge in [-0.3, -0.25) is 0 Å². The summed E-state index contributed by atoms with van der Waals surface area (Å²) in [6, 6.07) is 7.00. The minimum atomic E-state index is 0.255. The standard InChI is InChI=1S/C13H10N2O2S/c1-8-11(6-15-17-8)12-7-14-13(18-12)9-2-4-10(16)5-3-9/h2-7,16H,1H3. The van der Waals surface area contributed by atoms with Gasteiger partial charge in [0.05, 0.1) is 16.6 Å². The molecular weight excluding hydrogens is 248 g/mol. The fourth-order valence-electron chi connectivity index (χ4n) is 1.67. The lowest BCUT2D eigenvalue weighted by Gasteiger charge is -1.95. The van der Waals surface area contributed by atoms with Crippen molar-refractivity contribution in [2.24, 2.45) is 0 Å². The first-order valence-electron chi connectivity index (χ1n) is 5.41. The van der Waals surface area contributed by atoms with E-state index in [9.17, 15) is 5.11 Å². The van der Waals surface area contributed by atoms with E-state index < -0.39 is 0 Å². The van der Waals surface area contributed by atoms with Crippen LogP contribution in [0.4, 0.5) is 0 Å². The maximum Gasteiger partial charge on any atom is 0.142 e. The fourth-order valence-corrected chi connectivity index (χ4v) is 2.65. The van der Waals surface area contributed by atoms with Gasteiger partial charge in [-0.15, -0.1) is 11.3 Å². The lowest BCUT2D eigenvalue weighted by Crippen LogP contribution is -1.73. The summed E-state index contributed by atoms with van der Waals surface area (Å²) >= 11 is 1.57. The van der Waals surface area contributed by atoms with Crippen LogP contribution in [-0.4, -0.2) is 15.2 Å². The molecule has 0 radical (unpaired) electrons. The van der Waals surface area contributed by atoms with E-state index in [-0.39, 0.29) is 5.75 Å². The first-order chi connectivity index (χ1) is 8.74. The minimum Gasteiger partial charge on any atom is -0.508 e. The van der Waals surface area contributed by atoms with Gasteiger partial charge in [-0.25, -0.2) is 4.98 Å². The molecular formula is C13H10N2O2S. The van der Waals surface area contributed by atoms with Crippen LogP contribution in [0.15, 0.2) is 41.2 Å². The Morgan fingerprint density at radius 1 is 1.17 bits per heavy atom. The van der Waals surface area contributed by atoms with Crippen LogP contribution in [0.2, 0.25) is 0 Å². The van der Waals surface area contributed by atoms with Crippen molar-refractivity contribution in [3.8, 4) is 26.8 Å². The Balaban J connectivity index is 1.99. The van der Waals surface area contributed by atoms with Gasteiger partial charge in [-0.2, -0.15) is 0 Å². The second-order valence-corrected chi connectivity index (χ2v) is 4.90. The van der Waals surface area contributed by atoms with Crippen molar-refractivity contribution in [3.63, 3.8) is 0 Å². The second-order valence-electron chi connectivity index (χ2n) is 3.87. The Labute approximate surface area is 108 Å². The second kappa shape index (κ2) is 4.27. The predicted molar refractivity (Wildman–Crippen MR) is 69.4 cm³/mol. The van der Waals surface area contributed by atoms with E-state index in [2.05, 4.69) is 10.1 Å². The molecule has 90 valence electrons. The molecule has 0 aliphatic heterocycles. The third kappa shape index (κ3) is 1.89. The number of hydrogen-bond donors (Lipinski definition) is 1. The number of benzene rings is 1. The zero-order chi connectivity index (χ0) is 12.5. The molecule has 3 rings (SSSR count). The highest BCUT2D eigenvalue weighted by Gasteiger charge is 2.11. The number of aryl methyl sites for hydroxylation is 1. The normalized spacial score (nSPS) is 10.7. The van der Waals surface area contributed by atoms with Crippen LogP contribution < -0.4 is 0 Å². The van der Waals surface area contributed by atoms with Crippen molar-refractivity contribution < 1.29 is 9.63 Å². The number of phenols is 1. The van der Waals surface area contributed by atoms with Gasteiger partial charge < -0.3 is 9.63 Å². The minimum absolute atomic E-state index is 0.255. The summed E-state index contributed by atoms with van der Waals surface area (Å²) in [5.41, 5.74) is 1.95. The molecule has 0 saturated heterocycles. The largest absolute Gasteiger partial charge is 0.508 e. The van der Waals surface area contributed by atoms with Gasteiger partial charge >= 0.3 is 0 Å². The third-order valence-corrected chi connectivity index (χ3v) is 3.72. The summed E-state index contributed by atoms with van der Waals surface area (Å²) in [4.78, 5) is 5.41. The molecule has 0 spiro atoms. The first kappa shape index (κ1) is 11.0. The Hall–Kier alpha value is -2.14. The average molecular weight is 258 g/mol. The van der Waals surface area contributed by atoms with Gasteiger partial charge in [0.15, 0.2) is 0 Å². The molecule has 0 atom stereocenters. The van der Waals surface area contributed by atoms with Crippen molar-refractivity contribution in [1.82, 2.24) is 10.1 Å². The highest BCUT2D eigenvalue weighted by Crippen LogP contribution is 2.33. The molecule has 3 aromatic rings. The van der Waals surface area contributed by atoms with Crippen LogP contribution in [0.3, 0.4) is 0 Å². The lowest BCUT2D eigenvalue weighted by atomic mass is 10.2. The molecule has 1 aromatic carbocycles. The van der Waals surface area contributed by atoms with Crippen LogP contribution in [-0.2, 0) is 0 Å². The maximum absolute atomic E-state index is 9.26. The van der Waals surface area contributed by atoms with Crippen LogP contribution in [0.5, 0.6) is 5.75 Å². The van der Waals surface area contributed by atoms with Crippen molar-refractivity contribution in [3.05, 3.63) is 42.4 Å². The fraction of sp³-hybridized carbons (Fsp3) is 0.0769. The molecule has 0 aliphatic carbocycles. The topological polar surface area (TPSA) is 59.2 Å². The highest BCUT2D eigenvalue weighted by atomic mass is 32.1. The summed E-state index contributed by atoms with van der Waals surface area (Å²) < 4.78 is 5.05. The lowest BCUT2D eigenvalue weighted by molar-refractivity contribution is 0.398. The van der Waals surface area contributed by atoms with E-state index in [4.69, 9.17) is 4.52 Å². The summed E-state index contributed by atoms with van der Waals surface area (Å²) in [6.45, 7) is 1.88. The number of aromatic hydroxyl groups is 1. The van der Waals surface area contributed by atoms with E-state index in [1.54, 1.807) is 29.7 Å². The van der Waals surface area contributed by atoms with Crippen LogP contribution in [0, 0.1) is 6.92 Å². The molecule has 5 heteroatoms. The Bertz CT molecular complexity index is 670. The molecule has 2 aromatic heterocycles. The van der Waals surface area contributed by atoms with Gasteiger partial charge in [0.2, 0.25) is 0 Å². The number of phenolic OH excluding ortho intramolecular Hbond substituents is 1. The summed E-state index contributed by atoms with van der Waals surface area (Å²) in [5.74, 6) is 1.04. The van der Waals surface area contributed by atoms with Crippen LogP contribution >= 0.6 is 11.3 Å². The Morgan fingerprint density at radius 3 is 2.61 bits per heavy atom. The molecule has 0 bridgehead atoms. The van der Waals surface area contributed by atoms with E-state index in [1.165, 1.54) is 0 Å². The first-order valence-corrected chi connectivity index (χ1v) is 6.22.